The van der Waals surface area contributed by atoms with Crippen LogP contribution in [0.1, 0.15) is 11.3 Å². The van der Waals surface area contributed by atoms with Gasteiger partial charge in [-0.2, -0.15) is 0 Å². The Morgan fingerprint density at radius 3 is 2.21 bits per heavy atom. The van der Waals surface area contributed by atoms with Crippen molar-refractivity contribution >= 4 is 11.0 Å². The first-order chi connectivity index (χ1) is 20.0. The molecule has 0 bridgehead atoms. The Morgan fingerprint density at radius 1 is 0.881 bits per heavy atom. The fourth-order valence-corrected chi connectivity index (χ4v) is 5.13. The van der Waals surface area contributed by atoms with Gasteiger partial charge in [0.2, 0.25) is 0 Å². The Balaban J connectivity index is 1.23. The first-order valence-corrected chi connectivity index (χ1v) is 13.3. The summed E-state index contributed by atoms with van der Waals surface area (Å²) in [6.45, 7) is 0.352. The lowest BCUT2D eigenvalue weighted by Gasteiger charge is -2.42. The Morgan fingerprint density at radius 2 is 1.52 bits per heavy atom. The van der Waals surface area contributed by atoms with E-state index in [0.717, 1.165) is 0 Å². The van der Waals surface area contributed by atoms with Crippen molar-refractivity contribution in [1.29, 1.82) is 0 Å². The molecule has 2 fully saturated rings. The summed E-state index contributed by atoms with van der Waals surface area (Å²) in [6, 6.07) is 2.62. The van der Waals surface area contributed by atoms with E-state index in [0.29, 0.717) is 22.6 Å². The van der Waals surface area contributed by atoms with E-state index >= 15 is 0 Å². The van der Waals surface area contributed by atoms with Crippen molar-refractivity contribution in [3.63, 3.8) is 0 Å². The molecule has 0 radical (unpaired) electrons. The molecule has 1 aromatic heterocycles. The number of aryl methyl sites for hydroxylation is 1. The van der Waals surface area contributed by atoms with Gasteiger partial charge in [0.05, 0.1) is 19.8 Å². The fraction of sp³-hybridized carbons (Fsp3) is 0.593. The summed E-state index contributed by atoms with van der Waals surface area (Å²) in [5.74, 6) is 0.407. The first-order valence-electron chi connectivity index (χ1n) is 13.3. The molecule has 2 saturated heterocycles. The van der Waals surface area contributed by atoms with Crippen LogP contribution in [0.3, 0.4) is 0 Å². The minimum absolute atomic E-state index is 0.0195. The number of hydrogen-bond donors (Lipinski definition) is 8. The van der Waals surface area contributed by atoms with Crippen LogP contribution in [0.4, 0.5) is 0 Å². The monoisotopic (exact) mass is 598 g/mol. The van der Waals surface area contributed by atoms with Crippen molar-refractivity contribution in [2.24, 2.45) is 0 Å². The van der Waals surface area contributed by atoms with Crippen molar-refractivity contribution in [3.8, 4) is 11.5 Å². The van der Waals surface area contributed by atoms with Gasteiger partial charge in [0.25, 0.3) is 0 Å². The quantitative estimate of drug-likeness (QED) is 0.151. The van der Waals surface area contributed by atoms with E-state index in [1.807, 2.05) is 0 Å². The normalized spacial score (nSPS) is 35.3. The lowest BCUT2D eigenvalue weighted by atomic mass is 9.98. The van der Waals surface area contributed by atoms with Crippen LogP contribution >= 0.6 is 0 Å². The molecule has 0 aliphatic carbocycles. The number of benzene rings is 1. The molecule has 0 saturated carbocycles. The SMILES string of the molecule is Cc1cc(=O)c2c(O)cc3c(c2o1)CC=C(CO[C@@H]1O[C@H](CO[C@@H]2O[C@H](CO)[C@@H](O)[C@H](O)[C@H]2O)[C@@H](O)[C@H](O)[C@H]1O)CO3. The number of ether oxygens (including phenoxy) is 5. The largest absolute Gasteiger partial charge is 0.507 e. The first kappa shape index (κ1) is 30.8. The average Bonchev–Trinajstić information content (AvgIpc) is 3.16. The summed E-state index contributed by atoms with van der Waals surface area (Å²) >= 11 is 0. The van der Waals surface area contributed by atoms with Gasteiger partial charge in [0, 0.05) is 17.7 Å². The van der Waals surface area contributed by atoms with E-state index in [4.69, 9.17) is 28.1 Å². The van der Waals surface area contributed by atoms with Gasteiger partial charge in [-0.05, 0) is 18.9 Å². The molecule has 2 aromatic rings. The van der Waals surface area contributed by atoms with Gasteiger partial charge >= 0.3 is 0 Å². The molecule has 15 nitrogen and oxygen atoms in total. The van der Waals surface area contributed by atoms with Gasteiger partial charge in [-0.1, -0.05) is 6.08 Å². The topological polar surface area (TPSA) is 238 Å². The van der Waals surface area contributed by atoms with Crippen molar-refractivity contribution in [3.05, 3.63) is 45.3 Å². The maximum absolute atomic E-state index is 12.4. The van der Waals surface area contributed by atoms with Crippen molar-refractivity contribution < 1.29 is 69.0 Å². The van der Waals surface area contributed by atoms with Crippen molar-refractivity contribution in [2.75, 3.05) is 26.4 Å². The molecule has 10 atom stereocenters. The number of aliphatic hydroxyl groups excluding tert-OH is 7. The van der Waals surface area contributed by atoms with E-state index in [1.165, 1.54) is 12.1 Å². The summed E-state index contributed by atoms with van der Waals surface area (Å²) in [7, 11) is 0. The highest BCUT2D eigenvalue weighted by molar-refractivity contribution is 5.88. The third-order valence-electron chi connectivity index (χ3n) is 7.55. The molecular formula is C27H34O15. The van der Waals surface area contributed by atoms with Gasteiger partial charge in [0.15, 0.2) is 18.0 Å². The molecule has 5 rings (SSSR count). The lowest BCUT2D eigenvalue weighted by molar-refractivity contribution is -0.330. The summed E-state index contributed by atoms with van der Waals surface area (Å²) in [5.41, 5.74) is 0.967. The average molecular weight is 599 g/mol. The summed E-state index contributed by atoms with van der Waals surface area (Å²) in [6.07, 6.45) is -13.3. The zero-order chi connectivity index (χ0) is 30.3. The number of rotatable bonds is 7. The zero-order valence-electron chi connectivity index (χ0n) is 22.5. The third-order valence-corrected chi connectivity index (χ3v) is 7.55. The molecule has 15 heteroatoms. The van der Waals surface area contributed by atoms with E-state index in [-0.39, 0.29) is 41.8 Å². The maximum atomic E-state index is 12.4. The number of phenols is 1. The van der Waals surface area contributed by atoms with Gasteiger partial charge in [-0.15, -0.1) is 0 Å². The second kappa shape index (κ2) is 12.5. The van der Waals surface area contributed by atoms with Crippen LogP contribution in [0.25, 0.3) is 11.0 Å². The molecule has 8 N–H and O–H groups in total. The van der Waals surface area contributed by atoms with Crippen molar-refractivity contribution in [2.45, 2.75) is 74.8 Å². The van der Waals surface area contributed by atoms with Crippen LogP contribution in [-0.2, 0) is 25.4 Å². The van der Waals surface area contributed by atoms with Crippen LogP contribution in [0.5, 0.6) is 11.5 Å². The predicted octanol–water partition coefficient (Wildman–Crippen LogP) is -2.69. The predicted molar refractivity (Wildman–Crippen MR) is 139 cm³/mol. The highest BCUT2D eigenvalue weighted by Crippen LogP contribution is 2.36. The number of allylic oxidation sites excluding steroid dienone is 1. The molecule has 42 heavy (non-hydrogen) atoms. The highest BCUT2D eigenvalue weighted by atomic mass is 16.7. The van der Waals surface area contributed by atoms with Crippen LogP contribution in [0.15, 0.2) is 33.0 Å². The Kier molecular flexibility index (Phi) is 9.17. The minimum atomic E-state index is -1.70. The minimum Gasteiger partial charge on any atom is -0.507 e. The van der Waals surface area contributed by atoms with Crippen molar-refractivity contribution in [1.82, 2.24) is 0 Å². The molecule has 0 amide bonds. The number of aliphatic hydroxyl groups is 7. The second-order valence-corrected chi connectivity index (χ2v) is 10.5. The molecular weight excluding hydrogens is 564 g/mol. The number of phenolic OH excluding ortho intramolecular Hbond substituents is 1. The van der Waals surface area contributed by atoms with Gasteiger partial charge in [-0.25, -0.2) is 0 Å². The van der Waals surface area contributed by atoms with E-state index in [1.54, 1.807) is 13.0 Å². The highest BCUT2D eigenvalue weighted by Gasteiger charge is 2.47. The Labute approximate surface area is 238 Å². The molecule has 0 spiro atoms. The summed E-state index contributed by atoms with van der Waals surface area (Å²) < 4.78 is 33.6. The smallest absolute Gasteiger partial charge is 0.196 e. The number of hydrogen-bond acceptors (Lipinski definition) is 15. The molecule has 0 unspecified atom stereocenters. The van der Waals surface area contributed by atoms with E-state index in [2.05, 4.69) is 0 Å². The summed E-state index contributed by atoms with van der Waals surface area (Å²) in [4.78, 5) is 12.4. The van der Waals surface area contributed by atoms with E-state index in [9.17, 15) is 45.6 Å². The molecule has 232 valence electrons. The number of fused-ring (bicyclic) bond motifs is 3. The van der Waals surface area contributed by atoms with Crippen LogP contribution in [-0.4, -0.2) is 129 Å². The van der Waals surface area contributed by atoms with Gasteiger partial charge < -0.3 is 69.0 Å². The Bertz CT molecular complexity index is 1360. The fourth-order valence-electron chi connectivity index (χ4n) is 5.13. The molecule has 3 aliphatic heterocycles. The zero-order valence-corrected chi connectivity index (χ0v) is 22.5. The van der Waals surface area contributed by atoms with Crippen LogP contribution in [0, 0.1) is 6.92 Å². The molecule has 3 aliphatic rings. The van der Waals surface area contributed by atoms with E-state index < -0.39 is 74.6 Å². The molecule has 1 aromatic carbocycles. The lowest BCUT2D eigenvalue weighted by Crippen LogP contribution is -2.61. The molecule has 4 heterocycles. The second-order valence-electron chi connectivity index (χ2n) is 10.5. The van der Waals surface area contributed by atoms with Gasteiger partial charge in [-0.3, -0.25) is 4.79 Å². The summed E-state index contributed by atoms with van der Waals surface area (Å²) in [5, 5.41) is 81.1. The Hall–Kier alpha value is -2.67. The maximum Gasteiger partial charge on any atom is 0.196 e. The van der Waals surface area contributed by atoms with Crippen LogP contribution < -0.4 is 10.2 Å². The third kappa shape index (κ3) is 5.91. The number of aromatic hydroxyl groups is 1. The van der Waals surface area contributed by atoms with Gasteiger partial charge in [0.1, 0.15) is 83.7 Å². The standard InChI is InChI=1S/C27H34O15/c1-10-4-13(29)18-14(30)5-15-12(25(18)40-10)3-2-11(7-37-15)8-38-26-24(36)22(34)20(32)17(42-26)9-39-27-23(35)21(33)19(31)16(6-28)41-27/h2,4-5,16-17,19-24,26-28,30-36H,3,6-9H2,1H3/t16-,17-,19-,20-,21+,22+,23-,24-,26-,27-/m1/s1. The van der Waals surface area contributed by atoms with Crippen LogP contribution in [0.2, 0.25) is 0 Å².